The SMILES string of the molecule is CCC(CC)CNC(CN)c1c(C)oc2ccccc12. The largest absolute Gasteiger partial charge is 0.461 e. The Morgan fingerprint density at radius 2 is 1.90 bits per heavy atom. The molecule has 0 amide bonds. The van der Waals surface area contributed by atoms with Crippen LogP contribution >= 0.6 is 0 Å². The van der Waals surface area contributed by atoms with E-state index in [0.29, 0.717) is 12.5 Å². The summed E-state index contributed by atoms with van der Waals surface area (Å²) in [6.45, 7) is 8.10. The van der Waals surface area contributed by atoms with E-state index >= 15 is 0 Å². The van der Waals surface area contributed by atoms with Gasteiger partial charge >= 0.3 is 0 Å². The van der Waals surface area contributed by atoms with Crippen LogP contribution in [-0.4, -0.2) is 13.1 Å². The van der Waals surface area contributed by atoms with Crippen molar-refractivity contribution in [3.8, 4) is 0 Å². The van der Waals surface area contributed by atoms with Gasteiger partial charge in [-0.2, -0.15) is 0 Å². The number of fused-ring (bicyclic) bond motifs is 1. The molecule has 3 heteroatoms. The number of hydrogen-bond donors (Lipinski definition) is 2. The van der Waals surface area contributed by atoms with Gasteiger partial charge in [0.2, 0.25) is 0 Å². The van der Waals surface area contributed by atoms with E-state index in [1.807, 2.05) is 19.1 Å². The zero-order chi connectivity index (χ0) is 14.5. The zero-order valence-electron chi connectivity index (χ0n) is 12.8. The number of benzene rings is 1. The van der Waals surface area contributed by atoms with Crippen LogP contribution in [0.4, 0.5) is 0 Å². The summed E-state index contributed by atoms with van der Waals surface area (Å²) < 4.78 is 5.85. The Labute approximate surface area is 121 Å². The summed E-state index contributed by atoms with van der Waals surface area (Å²) in [6, 6.07) is 8.35. The molecule has 110 valence electrons. The Balaban J connectivity index is 2.23. The number of para-hydroxylation sites is 1. The van der Waals surface area contributed by atoms with Crippen LogP contribution in [0.25, 0.3) is 11.0 Å². The van der Waals surface area contributed by atoms with Gasteiger partial charge in [0.1, 0.15) is 11.3 Å². The van der Waals surface area contributed by atoms with E-state index in [1.54, 1.807) is 0 Å². The van der Waals surface area contributed by atoms with Gasteiger partial charge < -0.3 is 15.5 Å². The Morgan fingerprint density at radius 1 is 1.20 bits per heavy atom. The lowest BCUT2D eigenvalue weighted by atomic mass is 10.00. The van der Waals surface area contributed by atoms with Gasteiger partial charge in [-0.15, -0.1) is 0 Å². The molecule has 2 aromatic rings. The fourth-order valence-corrected chi connectivity index (χ4v) is 2.81. The van der Waals surface area contributed by atoms with Crippen LogP contribution in [0.2, 0.25) is 0 Å². The van der Waals surface area contributed by atoms with Gasteiger partial charge in [-0.1, -0.05) is 44.9 Å². The summed E-state index contributed by atoms with van der Waals surface area (Å²) in [5.41, 5.74) is 8.15. The average Bonchev–Trinajstić information content (AvgIpc) is 2.80. The fraction of sp³-hybridized carbons (Fsp3) is 0.529. The first-order valence-corrected chi connectivity index (χ1v) is 7.62. The maximum absolute atomic E-state index is 5.99. The Morgan fingerprint density at radius 3 is 2.55 bits per heavy atom. The maximum atomic E-state index is 5.99. The van der Waals surface area contributed by atoms with Crippen molar-refractivity contribution in [2.24, 2.45) is 11.7 Å². The lowest BCUT2D eigenvalue weighted by molar-refractivity contribution is 0.411. The highest BCUT2D eigenvalue weighted by Crippen LogP contribution is 2.30. The predicted molar refractivity (Wildman–Crippen MR) is 84.8 cm³/mol. The van der Waals surface area contributed by atoms with Crippen LogP contribution in [0.5, 0.6) is 0 Å². The first-order chi connectivity index (χ1) is 9.71. The average molecular weight is 274 g/mol. The van der Waals surface area contributed by atoms with Gasteiger partial charge in [0, 0.05) is 23.5 Å². The van der Waals surface area contributed by atoms with Crippen LogP contribution in [0.15, 0.2) is 28.7 Å². The van der Waals surface area contributed by atoms with Crippen molar-refractivity contribution < 1.29 is 4.42 Å². The summed E-state index contributed by atoms with van der Waals surface area (Å²) in [7, 11) is 0. The molecule has 0 aliphatic heterocycles. The normalized spacial score (nSPS) is 13.2. The van der Waals surface area contributed by atoms with Gasteiger partial charge in [0.25, 0.3) is 0 Å². The Hall–Kier alpha value is -1.32. The number of nitrogens with two attached hydrogens (primary N) is 1. The molecule has 3 N–H and O–H groups in total. The summed E-state index contributed by atoms with van der Waals surface area (Å²) in [5.74, 6) is 1.68. The fourth-order valence-electron chi connectivity index (χ4n) is 2.81. The Bertz CT molecular complexity index is 543. The van der Waals surface area contributed by atoms with E-state index in [-0.39, 0.29) is 6.04 Å². The summed E-state index contributed by atoms with van der Waals surface area (Å²) in [6.07, 6.45) is 2.40. The molecule has 20 heavy (non-hydrogen) atoms. The highest BCUT2D eigenvalue weighted by Gasteiger charge is 2.19. The zero-order valence-corrected chi connectivity index (χ0v) is 12.8. The van der Waals surface area contributed by atoms with Gasteiger partial charge in [-0.05, 0) is 25.5 Å². The van der Waals surface area contributed by atoms with Crippen LogP contribution in [-0.2, 0) is 0 Å². The molecule has 1 heterocycles. The minimum Gasteiger partial charge on any atom is -0.461 e. The predicted octanol–water partition coefficient (Wildman–Crippen LogP) is 3.77. The third-order valence-electron chi connectivity index (χ3n) is 4.21. The minimum atomic E-state index is 0.166. The molecule has 1 aromatic heterocycles. The second-order valence-corrected chi connectivity index (χ2v) is 5.45. The number of nitrogens with one attached hydrogen (secondary N) is 1. The number of rotatable bonds is 7. The molecule has 0 saturated heterocycles. The molecule has 1 unspecified atom stereocenters. The van der Waals surface area contributed by atoms with Crippen molar-refractivity contribution in [2.75, 3.05) is 13.1 Å². The molecular formula is C17H26N2O. The lowest BCUT2D eigenvalue weighted by Crippen LogP contribution is -2.32. The molecule has 0 aliphatic carbocycles. The monoisotopic (exact) mass is 274 g/mol. The molecular weight excluding hydrogens is 248 g/mol. The van der Waals surface area contributed by atoms with Crippen LogP contribution in [0, 0.1) is 12.8 Å². The van der Waals surface area contributed by atoms with Crippen LogP contribution in [0.3, 0.4) is 0 Å². The van der Waals surface area contributed by atoms with Crippen molar-refractivity contribution >= 4 is 11.0 Å². The molecule has 0 saturated carbocycles. The molecule has 1 aromatic carbocycles. The summed E-state index contributed by atoms with van der Waals surface area (Å²) >= 11 is 0. The first kappa shape index (κ1) is 15.1. The molecule has 0 spiro atoms. The van der Waals surface area contributed by atoms with Crippen molar-refractivity contribution in [3.05, 3.63) is 35.6 Å². The van der Waals surface area contributed by atoms with Crippen molar-refractivity contribution in [1.29, 1.82) is 0 Å². The van der Waals surface area contributed by atoms with Gasteiger partial charge in [-0.25, -0.2) is 0 Å². The van der Waals surface area contributed by atoms with E-state index in [9.17, 15) is 0 Å². The van der Waals surface area contributed by atoms with Crippen LogP contribution < -0.4 is 11.1 Å². The molecule has 0 fully saturated rings. The summed E-state index contributed by atoms with van der Waals surface area (Å²) in [4.78, 5) is 0. The highest BCUT2D eigenvalue weighted by atomic mass is 16.3. The topological polar surface area (TPSA) is 51.2 Å². The molecule has 0 bridgehead atoms. The third kappa shape index (κ3) is 3.05. The quantitative estimate of drug-likeness (QED) is 0.808. The lowest BCUT2D eigenvalue weighted by Gasteiger charge is -2.20. The number of hydrogen-bond acceptors (Lipinski definition) is 3. The van der Waals surface area contributed by atoms with E-state index in [0.717, 1.165) is 17.9 Å². The van der Waals surface area contributed by atoms with Gasteiger partial charge in [-0.3, -0.25) is 0 Å². The molecule has 0 aliphatic rings. The second kappa shape index (κ2) is 6.91. The van der Waals surface area contributed by atoms with E-state index in [1.165, 1.54) is 23.8 Å². The second-order valence-electron chi connectivity index (χ2n) is 5.45. The number of aryl methyl sites for hydroxylation is 1. The van der Waals surface area contributed by atoms with E-state index < -0.39 is 0 Å². The van der Waals surface area contributed by atoms with Gasteiger partial charge in [0.15, 0.2) is 0 Å². The summed E-state index contributed by atoms with van der Waals surface area (Å²) in [5, 5.41) is 4.80. The maximum Gasteiger partial charge on any atom is 0.134 e. The third-order valence-corrected chi connectivity index (χ3v) is 4.21. The van der Waals surface area contributed by atoms with Crippen molar-refractivity contribution in [3.63, 3.8) is 0 Å². The van der Waals surface area contributed by atoms with Gasteiger partial charge in [0.05, 0.1) is 0 Å². The van der Waals surface area contributed by atoms with E-state index in [2.05, 4.69) is 31.3 Å². The first-order valence-electron chi connectivity index (χ1n) is 7.62. The van der Waals surface area contributed by atoms with Crippen molar-refractivity contribution in [2.45, 2.75) is 39.7 Å². The van der Waals surface area contributed by atoms with Crippen LogP contribution in [0.1, 0.15) is 44.1 Å². The van der Waals surface area contributed by atoms with Crippen molar-refractivity contribution in [1.82, 2.24) is 5.32 Å². The minimum absolute atomic E-state index is 0.166. The molecule has 2 rings (SSSR count). The molecule has 3 nitrogen and oxygen atoms in total. The Kier molecular flexibility index (Phi) is 5.21. The van der Waals surface area contributed by atoms with E-state index in [4.69, 9.17) is 10.2 Å². The number of furan rings is 1. The molecule has 1 atom stereocenters. The molecule has 0 radical (unpaired) electrons. The highest BCUT2D eigenvalue weighted by molar-refractivity contribution is 5.82. The smallest absolute Gasteiger partial charge is 0.134 e. The standard InChI is InChI=1S/C17H26N2O/c1-4-13(5-2)11-19-15(10-18)17-12(3)20-16-9-7-6-8-14(16)17/h6-9,13,15,19H,4-5,10-11,18H2,1-3H3.